The summed E-state index contributed by atoms with van der Waals surface area (Å²) in [7, 11) is 1.26. The third-order valence-corrected chi connectivity index (χ3v) is 8.43. The van der Waals surface area contributed by atoms with Gasteiger partial charge in [-0.15, -0.1) is 0 Å². The summed E-state index contributed by atoms with van der Waals surface area (Å²) >= 11 is 0. The lowest BCUT2D eigenvalue weighted by Gasteiger charge is -2.35. The van der Waals surface area contributed by atoms with E-state index in [9.17, 15) is 13.2 Å². The summed E-state index contributed by atoms with van der Waals surface area (Å²) in [5, 5.41) is 3.20. The Kier molecular flexibility index (Phi) is 6.24. The van der Waals surface area contributed by atoms with Gasteiger partial charge in [0.15, 0.2) is 11.5 Å². The molecule has 30 heavy (non-hydrogen) atoms. The second kappa shape index (κ2) is 8.13. The Labute approximate surface area is 179 Å². The number of ketones is 1. The first-order chi connectivity index (χ1) is 14.0. The first kappa shape index (κ1) is 23.0. The van der Waals surface area contributed by atoms with Crippen LogP contribution in [0.3, 0.4) is 0 Å². The molecule has 3 aliphatic carbocycles. The van der Waals surface area contributed by atoms with Crippen molar-refractivity contribution >= 4 is 15.9 Å². The van der Waals surface area contributed by atoms with Crippen molar-refractivity contribution in [2.24, 2.45) is 16.7 Å². The molecule has 0 heterocycles. The summed E-state index contributed by atoms with van der Waals surface area (Å²) in [4.78, 5) is 11.9. The van der Waals surface area contributed by atoms with Crippen molar-refractivity contribution in [3.05, 3.63) is 23.3 Å². The molecular weight excluding hydrogens is 406 g/mol. The summed E-state index contributed by atoms with van der Waals surface area (Å²) < 4.78 is 41.5. The number of ether oxygens (including phenoxy) is 2. The monoisotopic (exact) mass is 439 g/mol. The van der Waals surface area contributed by atoms with Crippen LogP contribution in [0.5, 0.6) is 11.5 Å². The number of methoxy groups -OCH3 is 2. The number of carbonyl (C=O) groups excluding carboxylic acids is 1. The highest BCUT2D eigenvalue weighted by molar-refractivity contribution is 7.85. The van der Waals surface area contributed by atoms with Crippen LogP contribution in [0.15, 0.2) is 12.1 Å². The number of carbonyl (C=O) groups is 1. The number of benzene rings is 1. The lowest BCUT2D eigenvalue weighted by molar-refractivity contribution is -0.128. The summed E-state index contributed by atoms with van der Waals surface area (Å²) in [6, 6.07) is 4.18. The number of Topliss-reactive ketones (excluding diaryl/α,β-unsaturated/α-hetero) is 1. The molecule has 0 aliphatic heterocycles. The number of hydrogen-bond acceptors (Lipinski definition) is 6. The van der Waals surface area contributed by atoms with Gasteiger partial charge in [0.25, 0.3) is 10.1 Å². The zero-order valence-electron chi connectivity index (χ0n) is 18.4. The number of nitrogens with one attached hydrogen (secondary N) is 1. The normalized spacial score (nSPS) is 28.3. The van der Waals surface area contributed by atoms with Gasteiger partial charge in [0.2, 0.25) is 0 Å². The maximum Gasteiger partial charge on any atom is 0.265 e. The molecule has 0 aromatic heterocycles. The second-order valence-electron chi connectivity index (χ2n) is 9.26. The summed E-state index contributed by atoms with van der Waals surface area (Å²) in [5.74, 6) is 2.19. The van der Waals surface area contributed by atoms with E-state index in [2.05, 4.69) is 17.4 Å². The van der Waals surface area contributed by atoms with Crippen LogP contribution in [0.25, 0.3) is 0 Å². The van der Waals surface area contributed by atoms with Crippen molar-refractivity contribution in [2.75, 3.05) is 33.6 Å². The Morgan fingerprint density at radius 3 is 2.27 bits per heavy atom. The molecule has 2 saturated carbocycles. The maximum atomic E-state index is 11.9. The van der Waals surface area contributed by atoms with E-state index >= 15 is 0 Å². The van der Waals surface area contributed by atoms with Crippen molar-refractivity contribution < 1.29 is 27.2 Å². The van der Waals surface area contributed by atoms with Gasteiger partial charge in [0, 0.05) is 18.9 Å². The fraction of sp³-hybridized carbons (Fsp3) is 0.682. The zero-order valence-corrected chi connectivity index (χ0v) is 19.3. The highest BCUT2D eigenvalue weighted by Gasteiger charge is 2.65. The van der Waals surface area contributed by atoms with Gasteiger partial charge < -0.3 is 14.8 Å². The number of fused-ring (bicyclic) bond motifs is 3. The highest BCUT2D eigenvalue weighted by Crippen LogP contribution is 2.64. The number of hydrogen-bond donors (Lipinski definition) is 2. The van der Waals surface area contributed by atoms with Crippen LogP contribution in [0.4, 0.5) is 0 Å². The molecule has 7 nitrogen and oxygen atoms in total. The van der Waals surface area contributed by atoms with E-state index in [0.717, 1.165) is 30.9 Å². The van der Waals surface area contributed by atoms with Crippen molar-refractivity contribution in [1.29, 1.82) is 0 Å². The van der Waals surface area contributed by atoms with Crippen LogP contribution < -0.4 is 14.8 Å². The maximum absolute atomic E-state index is 11.9. The Balaban J connectivity index is 0.000000171. The molecule has 168 valence electrons. The fourth-order valence-corrected chi connectivity index (χ4v) is 6.89. The van der Waals surface area contributed by atoms with Crippen molar-refractivity contribution in [2.45, 2.75) is 45.4 Å². The van der Waals surface area contributed by atoms with Crippen molar-refractivity contribution in [3.8, 4) is 11.5 Å². The Bertz CT molecular complexity index is 926. The Morgan fingerprint density at radius 1 is 1.17 bits per heavy atom. The van der Waals surface area contributed by atoms with Crippen molar-refractivity contribution in [1.82, 2.24) is 5.32 Å². The van der Waals surface area contributed by atoms with Gasteiger partial charge in [0.05, 0.1) is 25.4 Å². The van der Waals surface area contributed by atoms with Crippen LogP contribution in [0, 0.1) is 16.7 Å². The number of likely N-dealkylation sites (N-methyl/N-ethyl adjacent to an activating group) is 1. The van der Waals surface area contributed by atoms with E-state index < -0.39 is 21.3 Å². The third kappa shape index (κ3) is 3.85. The molecule has 8 heteroatoms. The van der Waals surface area contributed by atoms with Gasteiger partial charge in [-0.2, -0.15) is 8.42 Å². The first-order valence-corrected chi connectivity index (χ1v) is 12.0. The van der Waals surface area contributed by atoms with Crippen LogP contribution in [0.1, 0.15) is 50.2 Å². The molecule has 0 radical (unpaired) electrons. The second-order valence-corrected chi connectivity index (χ2v) is 10.7. The van der Waals surface area contributed by atoms with Gasteiger partial charge in [-0.25, -0.2) is 0 Å². The van der Waals surface area contributed by atoms with E-state index in [-0.39, 0.29) is 17.1 Å². The summed E-state index contributed by atoms with van der Waals surface area (Å²) in [5.41, 5.74) is 1.65. The predicted molar refractivity (Wildman–Crippen MR) is 115 cm³/mol. The van der Waals surface area contributed by atoms with Gasteiger partial charge >= 0.3 is 0 Å². The third-order valence-electron chi connectivity index (χ3n) is 7.57. The van der Waals surface area contributed by atoms with Gasteiger partial charge in [-0.3, -0.25) is 9.35 Å². The standard InChI is InChI=1S/C12H17NO2.C10H16O4S/c1-13-7-9-4-8-5-11(14-2)12(15-3)6-10(8)9;1-9(2)7-3-4-10(9,8(11)5-7)6-15(12,13)14/h5-6,9,13H,4,7H2,1-3H3;7H,3-6H2,1-2H3,(H,12,13,14)/t9-;/m1./s1. The molecule has 2 bridgehead atoms. The summed E-state index contributed by atoms with van der Waals surface area (Å²) in [6.07, 6.45) is 3.11. The molecule has 0 spiro atoms. The Morgan fingerprint density at radius 2 is 1.80 bits per heavy atom. The predicted octanol–water partition coefficient (Wildman–Crippen LogP) is 2.83. The molecule has 2 unspecified atom stereocenters. The fourth-order valence-electron chi connectivity index (χ4n) is 5.59. The first-order valence-electron chi connectivity index (χ1n) is 10.4. The lowest BCUT2D eigenvalue weighted by Crippen LogP contribution is -2.42. The average molecular weight is 440 g/mol. The quantitative estimate of drug-likeness (QED) is 0.657. The molecular formula is C22H33NO6S. The van der Waals surface area contributed by atoms with E-state index in [4.69, 9.17) is 14.0 Å². The largest absolute Gasteiger partial charge is 0.493 e. The minimum Gasteiger partial charge on any atom is -0.493 e. The van der Waals surface area contributed by atoms with E-state index in [1.54, 1.807) is 14.2 Å². The van der Waals surface area contributed by atoms with Gasteiger partial charge in [0.1, 0.15) is 5.78 Å². The molecule has 4 rings (SSSR count). The summed E-state index contributed by atoms with van der Waals surface area (Å²) in [6.45, 7) is 4.92. The minimum absolute atomic E-state index is 0.0152. The topological polar surface area (TPSA) is 102 Å². The Hall–Kier alpha value is -1.64. The molecule has 0 saturated heterocycles. The molecule has 0 amide bonds. The number of rotatable bonds is 6. The molecule has 2 fully saturated rings. The van der Waals surface area contributed by atoms with Crippen molar-refractivity contribution in [3.63, 3.8) is 0 Å². The molecule has 2 N–H and O–H groups in total. The minimum atomic E-state index is -4.08. The SMILES string of the molecule is CC1(C)C2CCC1(CS(=O)(=O)O)C(=O)C2.CNC[C@H]1Cc2cc(OC)c(OC)cc21. The van der Waals surface area contributed by atoms with E-state index in [1.807, 2.05) is 20.9 Å². The van der Waals surface area contributed by atoms with Crippen LogP contribution in [-0.2, 0) is 21.3 Å². The molecule has 3 aliphatic rings. The van der Waals surface area contributed by atoms with Gasteiger partial charge in [-0.1, -0.05) is 13.8 Å². The van der Waals surface area contributed by atoms with E-state index in [1.165, 1.54) is 11.1 Å². The zero-order chi connectivity index (χ0) is 22.3. The smallest absolute Gasteiger partial charge is 0.265 e. The van der Waals surface area contributed by atoms with Crippen LogP contribution >= 0.6 is 0 Å². The molecule has 3 atom stereocenters. The average Bonchev–Trinajstić information content (AvgIpc) is 2.99. The van der Waals surface area contributed by atoms with Crippen LogP contribution in [-0.4, -0.2) is 52.3 Å². The molecule has 1 aromatic rings. The van der Waals surface area contributed by atoms with Gasteiger partial charge in [-0.05, 0) is 60.9 Å². The van der Waals surface area contributed by atoms with Crippen LogP contribution in [0.2, 0.25) is 0 Å². The highest BCUT2D eigenvalue weighted by atomic mass is 32.2. The lowest BCUT2D eigenvalue weighted by atomic mass is 9.70. The van der Waals surface area contributed by atoms with E-state index in [0.29, 0.717) is 18.8 Å². The molecule has 1 aromatic carbocycles.